The molecule has 0 aromatic carbocycles. The van der Waals surface area contributed by atoms with Gasteiger partial charge in [0.05, 0.1) is 17.1 Å². The van der Waals surface area contributed by atoms with Gasteiger partial charge in [0, 0.05) is 22.7 Å². The van der Waals surface area contributed by atoms with Gasteiger partial charge in [-0.15, -0.1) is 22.7 Å². The van der Waals surface area contributed by atoms with Crippen LogP contribution >= 0.6 is 46.7 Å². The number of hydrogen-bond donors (Lipinski definition) is 1. The Morgan fingerprint density at radius 1 is 1.23 bits per heavy atom. The molecular formula is C25H28N2O4S4. The molecule has 4 rings (SSSR count). The van der Waals surface area contributed by atoms with E-state index >= 15 is 0 Å². The molecule has 35 heavy (non-hydrogen) atoms. The van der Waals surface area contributed by atoms with E-state index in [0.29, 0.717) is 45.8 Å². The maximum Gasteiger partial charge on any atom is 0.341 e. The van der Waals surface area contributed by atoms with Crippen molar-refractivity contribution >= 4 is 79.8 Å². The van der Waals surface area contributed by atoms with Crippen LogP contribution in [-0.2, 0) is 27.2 Å². The lowest BCUT2D eigenvalue weighted by molar-refractivity contribution is -0.122. The van der Waals surface area contributed by atoms with Crippen molar-refractivity contribution in [1.82, 2.24) is 4.90 Å². The van der Waals surface area contributed by atoms with Crippen LogP contribution in [0.2, 0.25) is 0 Å². The van der Waals surface area contributed by atoms with E-state index in [1.807, 2.05) is 23.6 Å². The number of nitrogens with one attached hydrogen (secondary N) is 1. The van der Waals surface area contributed by atoms with Crippen LogP contribution in [0.4, 0.5) is 5.00 Å². The standard InChI is InChI=1S/C25H28N2O4S4/c1-2-31-24(30)21-17-10-5-6-11-18(17)34-22(21)26-20(28)12-4-3-7-13-27-23(29)19(35-25(27)32)15-16-9-8-14-33-16/h8-9,14-15H,2-7,10-13H2,1H3,(H,26,28). The van der Waals surface area contributed by atoms with Gasteiger partial charge in [0.2, 0.25) is 5.91 Å². The van der Waals surface area contributed by atoms with Crippen molar-refractivity contribution in [3.05, 3.63) is 43.3 Å². The van der Waals surface area contributed by atoms with Crippen LogP contribution in [0.1, 0.15) is 71.1 Å². The number of carbonyl (C=O) groups excluding carboxylic acids is 3. The predicted octanol–water partition coefficient (Wildman–Crippen LogP) is 6.27. The third kappa shape index (κ3) is 6.41. The Kier molecular flexibility index (Phi) is 9.16. The van der Waals surface area contributed by atoms with Crippen LogP contribution in [0.15, 0.2) is 22.4 Å². The molecule has 0 bridgehead atoms. The highest BCUT2D eigenvalue weighted by Gasteiger charge is 2.31. The molecule has 0 radical (unpaired) electrons. The lowest BCUT2D eigenvalue weighted by Gasteiger charge is -2.14. The molecule has 0 atom stereocenters. The Labute approximate surface area is 223 Å². The number of unbranched alkanes of at least 4 members (excludes halogenated alkanes) is 2. The summed E-state index contributed by atoms with van der Waals surface area (Å²) in [6, 6.07) is 3.93. The van der Waals surface area contributed by atoms with Crippen LogP contribution < -0.4 is 5.32 Å². The highest BCUT2D eigenvalue weighted by molar-refractivity contribution is 8.26. The average molecular weight is 549 g/mol. The van der Waals surface area contributed by atoms with Crippen molar-refractivity contribution in [1.29, 1.82) is 0 Å². The number of esters is 1. The summed E-state index contributed by atoms with van der Waals surface area (Å²) in [5.41, 5.74) is 1.59. The number of fused-ring (bicyclic) bond motifs is 1. The van der Waals surface area contributed by atoms with Crippen molar-refractivity contribution in [2.45, 2.75) is 58.3 Å². The van der Waals surface area contributed by atoms with Gasteiger partial charge in [0.1, 0.15) is 9.32 Å². The summed E-state index contributed by atoms with van der Waals surface area (Å²) >= 11 is 9.84. The molecular weight excluding hydrogens is 521 g/mol. The first kappa shape index (κ1) is 26.1. The Bertz CT molecular complexity index is 1140. The first-order valence-corrected chi connectivity index (χ1v) is 14.8. The molecule has 2 aromatic rings. The Hall–Kier alpha value is -2.01. The lowest BCUT2D eigenvalue weighted by atomic mass is 9.95. The minimum absolute atomic E-state index is 0.0423. The van der Waals surface area contributed by atoms with Crippen molar-refractivity contribution in [3.63, 3.8) is 0 Å². The van der Waals surface area contributed by atoms with Gasteiger partial charge in [-0.25, -0.2) is 4.79 Å². The number of aryl methyl sites for hydroxylation is 1. The van der Waals surface area contributed by atoms with Crippen molar-refractivity contribution < 1.29 is 19.1 Å². The van der Waals surface area contributed by atoms with Crippen LogP contribution in [0, 0.1) is 0 Å². The molecule has 0 unspecified atom stereocenters. The zero-order valence-electron chi connectivity index (χ0n) is 19.6. The van der Waals surface area contributed by atoms with Crippen LogP contribution in [0.3, 0.4) is 0 Å². The van der Waals surface area contributed by atoms with Gasteiger partial charge in [-0.05, 0) is 68.5 Å². The number of amides is 2. The van der Waals surface area contributed by atoms with E-state index in [4.69, 9.17) is 17.0 Å². The number of thiophene rings is 2. The van der Waals surface area contributed by atoms with Gasteiger partial charge in [0.25, 0.3) is 5.91 Å². The van der Waals surface area contributed by atoms with Gasteiger partial charge >= 0.3 is 5.97 Å². The number of carbonyl (C=O) groups is 3. The molecule has 1 fully saturated rings. The first-order chi connectivity index (χ1) is 17.0. The molecule has 2 amide bonds. The summed E-state index contributed by atoms with van der Waals surface area (Å²) in [7, 11) is 0. The normalized spacial score (nSPS) is 16.6. The third-order valence-electron chi connectivity index (χ3n) is 5.88. The number of hydrogen-bond acceptors (Lipinski definition) is 8. The highest BCUT2D eigenvalue weighted by atomic mass is 32.2. The molecule has 0 spiro atoms. The van der Waals surface area contributed by atoms with Crippen LogP contribution in [-0.4, -0.2) is 40.2 Å². The quantitative estimate of drug-likeness (QED) is 0.163. The number of thiocarbonyl (C=S) groups is 1. The number of thioether (sulfide) groups is 1. The zero-order valence-corrected chi connectivity index (χ0v) is 22.9. The molecule has 1 aliphatic carbocycles. The fourth-order valence-corrected chi connectivity index (χ4v) is 7.51. The van der Waals surface area contributed by atoms with Crippen molar-refractivity contribution in [2.75, 3.05) is 18.5 Å². The molecule has 1 saturated heterocycles. The molecule has 1 N–H and O–H groups in total. The lowest BCUT2D eigenvalue weighted by Crippen LogP contribution is -2.29. The Balaban J connectivity index is 1.25. The summed E-state index contributed by atoms with van der Waals surface area (Å²) in [5.74, 6) is -0.489. The maximum absolute atomic E-state index is 12.7. The molecule has 2 aromatic heterocycles. The third-order valence-corrected chi connectivity index (χ3v) is 9.28. The van der Waals surface area contributed by atoms with E-state index in [-0.39, 0.29) is 17.8 Å². The number of rotatable bonds is 10. The van der Waals surface area contributed by atoms with Gasteiger partial charge in [0.15, 0.2) is 0 Å². The zero-order chi connectivity index (χ0) is 24.8. The first-order valence-electron chi connectivity index (χ1n) is 11.9. The molecule has 10 heteroatoms. The second kappa shape index (κ2) is 12.3. The second-order valence-corrected chi connectivity index (χ2v) is 12.1. The van der Waals surface area contributed by atoms with E-state index < -0.39 is 0 Å². The van der Waals surface area contributed by atoms with E-state index in [1.165, 1.54) is 28.0 Å². The summed E-state index contributed by atoms with van der Waals surface area (Å²) in [4.78, 5) is 42.4. The highest BCUT2D eigenvalue weighted by Crippen LogP contribution is 2.39. The fraction of sp³-hybridized carbons (Fsp3) is 0.440. The number of nitrogens with zero attached hydrogens (tertiary/aromatic N) is 1. The monoisotopic (exact) mass is 548 g/mol. The SMILES string of the molecule is CCOC(=O)c1c(NC(=O)CCCCCN2C(=O)C(=Cc3cccs3)SC2=S)sc2c1CCCC2. The summed E-state index contributed by atoms with van der Waals surface area (Å²) < 4.78 is 5.85. The molecule has 3 heterocycles. The average Bonchev–Trinajstić information content (AvgIpc) is 3.53. The molecule has 186 valence electrons. The smallest absolute Gasteiger partial charge is 0.341 e. The van der Waals surface area contributed by atoms with Crippen molar-refractivity contribution in [2.24, 2.45) is 0 Å². The van der Waals surface area contributed by atoms with Gasteiger partial charge in [-0.3, -0.25) is 14.5 Å². The van der Waals surface area contributed by atoms with Gasteiger partial charge in [-0.1, -0.05) is 36.5 Å². The summed E-state index contributed by atoms with van der Waals surface area (Å²) in [6.45, 7) is 2.65. The summed E-state index contributed by atoms with van der Waals surface area (Å²) in [5, 5.41) is 5.56. The van der Waals surface area contributed by atoms with Gasteiger partial charge in [-0.2, -0.15) is 0 Å². The minimum atomic E-state index is -0.348. The van der Waals surface area contributed by atoms with Crippen LogP contribution in [0.5, 0.6) is 0 Å². The number of ether oxygens (including phenoxy) is 1. The van der Waals surface area contributed by atoms with Crippen LogP contribution in [0.25, 0.3) is 6.08 Å². The predicted molar refractivity (Wildman–Crippen MR) is 148 cm³/mol. The molecule has 2 aliphatic rings. The molecule has 6 nitrogen and oxygen atoms in total. The van der Waals surface area contributed by atoms with E-state index in [0.717, 1.165) is 49.0 Å². The summed E-state index contributed by atoms with van der Waals surface area (Å²) in [6.07, 6.45) is 8.49. The number of anilines is 1. The maximum atomic E-state index is 12.7. The topological polar surface area (TPSA) is 75.7 Å². The van der Waals surface area contributed by atoms with E-state index in [2.05, 4.69) is 5.32 Å². The van der Waals surface area contributed by atoms with E-state index in [1.54, 1.807) is 23.2 Å². The minimum Gasteiger partial charge on any atom is -0.462 e. The Morgan fingerprint density at radius 3 is 2.83 bits per heavy atom. The molecule has 0 saturated carbocycles. The van der Waals surface area contributed by atoms with E-state index in [9.17, 15) is 14.4 Å². The second-order valence-electron chi connectivity index (χ2n) is 8.34. The fourth-order valence-electron chi connectivity index (χ4n) is 4.19. The molecule has 1 aliphatic heterocycles. The largest absolute Gasteiger partial charge is 0.462 e. The Morgan fingerprint density at radius 2 is 2.06 bits per heavy atom. The van der Waals surface area contributed by atoms with Crippen molar-refractivity contribution in [3.8, 4) is 0 Å². The van der Waals surface area contributed by atoms with Gasteiger partial charge < -0.3 is 10.1 Å².